The van der Waals surface area contributed by atoms with E-state index in [2.05, 4.69) is 42.3 Å². The van der Waals surface area contributed by atoms with Crippen LogP contribution in [0.15, 0.2) is 73.4 Å². The lowest BCUT2D eigenvalue weighted by Crippen LogP contribution is -2.25. The molecule has 1 fully saturated rings. The molecule has 0 spiro atoms. The summed E-state index contributed by atoms with van der Waals surface area (Å²) in [5.74, 6) is 1.33. The van der Waals surface area contributed by atoms with Crippen LogP contribution in [-0.4, -0.2) is 35.5 Å². The van der Waals surface area contributed by atoms with Crippen LogP contribution in [0.25, 0.3) is 10.9 Å². The van der Waals surface area contributed by atoms with E-state index in [1.807, 2.05) is 49.4 Å². The molecule has 5 rings (SSSR count). The fourth-order valence-electron chi connectivity index (χ4n) is 5.02. The number of amides is 1. The van der Waals surface area contributed by atoms with Gasteiger partial charge in [-0.3, -0.25) is 9.59 Å². The predicted octanol–water partition coefficient (Wildman–Crippen LogP) is 7.19. The summed E-state index contributed by atoms with van der Waals surface area (Å²) in [5, 5.41) is 8.03. The molecule has 1 saturated carbocycles. The molecule has 0 saturated heterocycles. The molecule has 1 aliphatic rings. The van der Waals surface area contributed by atoms with Gasteiger partial charge in [0, 0.05) is 21.6 Å². The van der Waals surface area contributed by atoms with Crippen molar-refractivity contribution in [2.45, 2.75) is 44.9 Å². The summed E-state index contributed by atoms with van der Waals surface area (Å²) in [6, 6.07) is 16.7. The van der Waals surface area contributed by atoms with E-state index < -0.39 is 0 Å². The highest BCUT2D eigenvalue weighted by molar-refractivity contribution is 9.13. The van der Waals surface area contributed by atoms with Crippen LogP contribution in [-0.2, 0) is 4.79 Å². The largest absolute Gasteiger partial charge is 0.493 e. The van der Waals surface area contributed by atoms with Crippen LogP contribution >= 0.6 is 31.9 Å². The summed E-state index contributed by atoms with van der Waals surface area (Å²) in [5.41, 5.74) is 2.82. The van der Waals surface area contributed by atoms with Crippen molar-refractivity contribution in [1.82, 2.24) is 9.66 Å². The fourth-order valence-corrected chi connectivity index (χ4v) is 5.96. The number of hydrogen-bond acceptors (Lipinski definition) is 6. The lowest BCUT2D eigenvalue weighted by atomic mass is 9.88. The molecular weight excluding hydrogens is 652 g/mol. The Morgan fingerprint density at radius 2 is 1.83 bits per heavy atom. The first kappa shape index (κ1) is 29.0. The van der Waals surface area contributed by atoms with Crippen LogP contribution < -0.4 is 20.3 Å². The van der Waals surface area contributed by atoms with Gasteiger partial charge in [0.25, 0.3) is 11.5 Å². The maximum absolute atomic E-state index is 13.5. The number of nitrogens with zero attached hydrogens (tertiary/aromatic N) is 3. The second-order valence-corrected chi connectivity index (χ2v) is 11.5. The Hall–Kier alpha value is -3.50. The van der Waals surface area contributed by atoms with E-state index in [0.717, 1.165) is 36.9 Å². The van der Waals surface area contributed by atoms with Crippen LogP contribution in [0.3, 0.4) is 0 Å². The molecule has 1 N–H and O–H groups in total. The number of para-hydroxylation sites is 2. The van der Waals surface area contributed by atoms with Crippen molar-refractivity contribution in [1.29, 1.82) is 0 Å². The number of aromatic nitrogens is 2. The SMILES string of the molecule is COc1cc(C=Nn2c(C3CCCCC3)nc3ccccc3c2=O)c(Br)c(Br)c1OCC(=O)Nc1ccccc1C. The fraction of sp³-hybridized carbons (Fsp3) is 0.290. The molecule has 0 radical (unpaired) electrons. The smallest absolute Gasteiger partial charge is 0.282 e. The highest BCUT2D eigenvalue weighted by Crippen LogP contribution is 2.42. The second kappa shape index (κ2) is 13.0. The molecule has 10 heteroatoms. The highest BCUT2D eigenvalue weighted by atomic mass is 79.9. The minimum absolute atomic E-state index is 0.171. The van der Waals surface area contributed by atoms with Gasteiger partial charge in [-0.2, -0.15) is 9.78 Å². The van der Waals surface area contributed by atoms with Gasteiger partial charge in [-0.1, -0.05) is 49.6 Å². The Morgan fingerprint density at radius 1 is 1.10 bits per heavy atom. The molecule has 1 aliphatic carbocycles. The molecule has 8 nitrogen and oxygen atoms in total. The summed E-state index contributed by atoms with van der Waals surface area (Å²) in [7, 11) is 1.52. The summed E-state index contributed by atoms with van der Waals surface area (Å²) < 4.78 is 14.1. The number of anilines is 1. The van der Waals surface area contributed by atoms with E-state index in [1.54, 1.807) is 18.3 Å². The van der Waals surface area contributed by atoms with Gasteiger partial charge in [0.2, 0.25) is 0 Å². The minimum atomic E-state index is -0.298. The normalized spacial score (nSPS) is 14.0. The van der Waals surface area contributed by atoms with Crippen LogP contribution in [0.5, 0.6) is 11.5 Å². The van der Waals surface area contributed by atoms with E-state index in [1.165, 1.54) is 18.2 Å². The van der Waals surface area contributed by atoms with E-state index in [0.29, 0.717) is 42.7 Å². The number of benzene rings is 3. The first-order valence-electron chi connectivity index (χ1n) is 13.5. The summed E-state index contributed by atoms with van der Waals surface area (Å²) in [6.07, 6.45) is 6.98. The van der Waals surface area contributed by atoms with Crippen LogP contribution in [0, 0.1) is 6.92 Å². The summed E-state index contributed by atoms with van der Waals surface area (Å²) in [4.78, 5) is 31.0. The van der Waals surface area contributed by atoms with Gasteiger partial charge in [0.05, 0.1) is 28.7 Å². The molecule has 3 aromatic carbocycles. The molecule has 0 atom stereocenters. The Balaban J connectivity index is 1.44. The number of carbonyl (C=O) groups is 1. The van der Waals surface area contributed by atoms with Crippen LogP contribution in [0.4, 0.5) is 5.69 Å². The third-order valence-electron chi connectivity index (χ3n) is 7.20. The zero-order valence-corrected chi connectivity index (χ0v) is 26.0. The molecule has 0 aliphatic heterocycles. The Bertz CT molecular complexity index is 1680. The number of rotatable bonds is 8. The zero-order chi connectivity index (χ0) is 28.9. The molecule has 1 aromatic heterocycles. The number of carbonyl (C=O) groups excluding carboxylic acids is 1. The Labute approximate surface area is 255 Å². The van der Waals surface area contributed by atoms with E-state index >= 15 is 0 Å². The quantitative estimate of drug-likeness (QED) is 0.199. The predicted molar refractivity (Wildman–Crippen MR) is 169 cm³/mol. The molecule has 4 aromatic rings. The van der Waals surface area contributed by atoms with Crippen LogP contribution in [0.1, 0.15) is 55.0 Å². The number of halogens is 2. The average molecular weight is 682 g/mol. The van der Waals surface area contributed by atoms with Gasteiger partial charge in [-0.25, -0.2) is 4.98 Å². The molecule has 0 unspecified atom stereocenters. The third kappa shape index (κ3) is 6.38. The molecule has 212 valence electrons. The topological polar surface area (TPSA) is 94.8 Å². The minimum Gasteiger partial charge on any atom is -0.493 e. The van der Waals surface area contributed by atoms with E-state index in [4.69, 9.17) is 14.5 Å². The average Bonchev–Trinajstić information content (AvgIpc) is 2.99. The van der Waals surface area contributed by atoms with Crippen molar-refractivity contribution in [3.05, 3.63) is 90.8 Å². The van der Waals surface area contributed by atoms with E-state index in [9.17, 15) is 9.59 Å². The monoisotopic (exact) mass is 680 g/mol. The van der Waals surface area contributed by atoms with Crippen molar-refractivity contribution < 1.29 is 14.3 Å². The molecule has 41 heavy (non-hydrogen) atoms. The first-order chi connectivity index (χ1) is 19.9. The summed E-state index contributed by atoms with van der Waals surface area (Å²) >= 11 is 7.19. The lowest BCUT2D eigenvalue weighted by Gasteiger charge is -2.22. The number of methoxy groups -OCH3 is 1. The second-order valence-electron chi connectivity index (χ2n) is 9.96. The zero-order valence-electron chi connectivity index (χ0n) is 22.8. The van der Waals surface area contributed by atoms with Gasteiger partial charge in [0.1, 0.15) is 5.82 Å². The van der Waals surface area contributed by atoms with Gasteiger partial charge >= 0.3 is 0 Å². The van der Waals surface area contributed by atoms with Gasteiger partial charge in [0.15, 0.2) is 18.1 Å². The standard InChI is InChI=1S/C31H30Br2N4O4/c1-19-10-6-8-14-23(19)35-26(38)18-41-29-25(40-2)16-21(27(32)28(29)33)17-34-37-30(20-11-4-3-5-12-20)36-24-15-9-7-13-22(24)31(37)39/h6-10,13-17,20H,3-5,11-12,18H2,1-2H3,(H,35,38). The maximum Gasteiger partial charge on any atom is 0.282 e. The summed E-state index contributed by atoms with van der Waals surface area (Å²) in [6.45, 7) is 1.71. The number of ether oxygens (including phenoxy) is 2. The number of hydrogen-bond donors (Lipinski definition) is 1. The van der Waals surface area contributed by atoms with Crippen molar-refractivity contribution in [3.8, 4) is 11.5 Å². The lowest BCUT2D eigenvalue weighted by molar-refractivity contribution is -0.118. The number of fused-ring (bicyclic) bond motifs is 1. The highest BCUT2D eigenvalue weighted by Gasteiger charge is 2.23. The van der Waals surface area contributed by atoms with Crippen molar-refractivity contribution in [3.63, 3.8) is 0 Å². The van der Waals surface area contributed by atoms with Crippen molar-refractivity contribution in [2.75, 3.05) is 19.0 Å². The first-order valence-corrected chi connectivity index (χ1v) is 15.1. The van der Waals surface area contributed by atoms with Gasteiger partial charge in [-0.05, 0) is 81.5 Å². The molecule has 1 amide bonds. The molecule has 1 heterocycles. The number of aryl methyl sites for hydroxylation is 1. The molecular formula is C31H30Br2N4O4. The van der Waals surface area contributed by atoms with Crippen molar-refractivity contribution >= 4 is 60.6 Å². The molecule has 0 bridgehead atoms. The third-order valence-corrected chi connectivity index (χ3v) is 9.35. The maximum atomic E-state index is 13.5. The Morgan fingerprint density at radius 3 is 2.59 bits per heavy atom. The van der Waals surface area contributed by atoms with Crippen LogP contribution in [0.2, 0.25) is 0 Å². The van der Waals surface area contributed by atoms with Gasteiger partial charge < -0.3 is 14.8 Å². The van der Waals surface area contributed by atoms with Gasteiger partial charge in [-0.15, -0.1) is 0 Å². The number of nitrogens with one attached hydrogen (secondary N) is 1. The Kier molecular flexibility index (Phi) is 9.19. The van der Waals surface area contributed by atoms with Crippen molar-refractivity contribution in [2.24, 2.45) is 5.10 Å². The van der Waals surface area contributed by atoms with E-state index in [-0.39, 0.29) is 24.0 Å².